The summed E-state index contributed by atoms with van der Waals surface area (Å²) in [5.41, 5.74) is 4.51. The first-order valence-electron chi connectivity index (χ1n) is 14.4. The lowest BCUT2D eigenvalue weighted by Crippen LogP contribution is -2.17. The number of nitrogens with zero attached hydrogens (tertiary/aromatic N) is 2. The van der Waals surface area contributed by atoms with E-state index in [-0.39, 0.29) is 44.7 Å². The summed E-state index contributed by atoms with van der Waals surface area (Å²) in [5, 5.41) is 43.0. The molecule has 0 aliphatic heterocycles. The van der Waals surface area contributed by atoms with E-state index in [1.54, 1.807) is 12.4 Å². The first kappa shape index (κ1) is 32.7. The van der Waals surface area contributed by atoms with Gasteiger partial charge in [-0.1, -0.05) is 95.2 Å². The molecule has 3 rings (SSSR count). The molecule has 6 nitrogen and oxygen atoms in total. The van der Waals surface area contributed by atoms with Crippen molar-refractivity contribution in [2.45, 2.75) is 105 Å². The Hall–Kier alpha value is -3.80. The molecule has 3 aromatic rings. The van der Waals surface area contributed by atoms with Gasteiger partial charge in [0.25, 0.3) is 0 Å². The fourth-order valence-corrected chi connectivity index (χ4v) is 4.56. The van der Waals surface area contributed by atoms with Crippen LogP contribution in [0.4, 0.5) is 11.4 Å². The second-order valence-electron chi connectivity index (χ2n) is 15.3. The van der Waals surface area contributed by atoms with Gasteiger partial charge in [-0.3, -0.25) is 9.98 Å². The van der Waals surface area contributed by atoms with E-state index in [0.717, 1.165) is 22.3 Å². The summed E-state index contributed by atoms with van der Waals surface area (Å²) in [4.78, 5) is 9.20. The Morgan fingerprint density at radius 3 is 1.02 bits per heavy atom. The maximum atomic E-state index is 11.2. The zero-order valence-electron chi connectivity index (χ0n) is 27.3. The fourth-order valence-electron chi connectivity index (χ4n) is 4.56. The predicted octanol–water partition coefficient (Wildman–Crippen LogP) is 9.20. The molecule has 0 aromatic heterocycles. The molecule has 0 spiro atoms. The summed E-state index contributed by atoms with van der Waals surface area (Å²) in [7, 11) is 0. The van der Waals surface area contributed by atoms with Gasteiger partial charge in [0.05, 0.1) is 11.4 Å². The Kier molecular flexibility index (Phi) is 8.66. The van der Waals surface area contributed by atoms with Crippen LogP contribution in [-0.4, -0.2) is 32.9 Å². The molecule has 0 radical (unpaired) electrons. The second-order valence-corrected chi connectivity index (χ2v) is 15.3. The average Bonchev–Trinajstić information content (AvgIpc) is 2.82. The van der Waals surface area contributed by atoms with Crippen molar-refractivity contribution in [3.8, 4) is 23.0 Å². The Labute approximate surface area is 251 Å². The number of aliphatic imine (C=N–C) groups is 2. The van der Waals surface area contributed by atoms with E-state index in [4.69, 9.17) is 0 Å². The lowest BCUT2D eigenvalue weighted by Gasteiger charge is -2.27. The first-order chi connectivity index (χ1) is 19.0. The fraction of sp³-hybridized carbons (Fsp3) is 0.444. The SMILES string of the molecule is CC(C)(C)c1cc(C=Nc2cc(O)c(O)cc2N=Cc2cc(C(C)(C)C)cc(C(C)(C)C)c2O)c(O)c(C(C)(C)C)c1. The van der Waals surface area contributed by atoms with Gasteiger partial charge in [-0.05, 0) is 44.9 Å². The molecule has 4 N–H and O–H groups in total. The third-order valence-electron chi connectivity index (χ3n) is 7.38. The number of hydrogen-bond donors (Lipinski definition) is 4. The molecule has 226 valence electrons. The van der Waals surface area contributed by atoms with Gasteiger partial charge in [-0.15, -0.1) is 0 Å². The van der Waals surface area contributed by atoms with Crippen molar-refractivity contribution < 1.29 is 20.4 Å². The van der Waals surface area contributed by atoms with Crippen molar-refractivity contribution in [3.05, 3.63) is 69.8 Å². The van der Waals surface area contributed by atoms with Crippen LogP contribution in [-0.2, 0) is 21.7 Å². The molecule has 0 fully saturated rings. The van der Waals surface area contributed by atoms with Gasteiger partial charge in [0.2, 0.25) is 0 Å². The highest BCUT2D eigenvalue weighted by molar-refractivity contribution is 5.91. The lowest BCUT2D eigenvalue weighted by atomic mass is 9.79. The number of hydrogen-bond acceptors (Lipinski definition) is 6. The van der Waals surface area contributed by atoms with Crippen LogP contribution in [0.2, 0.25) is 0 Å². The summed E-state index contributed by atoms with van der Waals surface area (Å²) in [5.74, 6) is -0.384. The first-order valence-corrected chi connectivity index (χ1v) is 14.4. The number of phenolic OH excluding ortho intramolecular Hbond substituents is 4. The minimum atomic E-state index is -0.336. The minimum Gasteiger partial charge on any atom is -0.507 e. The Bertz CT molecular complexity index is 1420. The van der Waals surface area contributed by atoms with E-state index in [0.29, 0.717) is 22.5 Å². The lowest BCUT2D eigenvalue weighted by molar-refractivity contribution is 0.404. The van der Waals surface area contributed by atoms with E-state index in [2.05, 4.69) is 93.1 Å². The largest absolute Gasteiger partial charge is 0.507 e. The molecule has 0 bridgehead atoms. The monoisotopic (exact) mass is 572 g/mol. The van der Waals surface area contributed by atoms with Crippen LogP contribution in [0.25, 0.3) is 0 Å². The second kappa shape index (κ2) is 11.1. The van der Waals surface area contributed by atoms with Crippen molar-refractivity contribution in [2.24, 2.45) is 9.98 Å². The molecule has 3 aromatic carbocycles. The average molecular weight is 573 g/mol. The molecule has 0 aliphatic carbocycles. The van der Waals surface area contributed by atoms with Gasteiger partial charge in [0.1, 0.15) is 11.5 Å². The maximum absolute atomic E-state index is 11.2. The number of benzene rings is 3. The topological polar surface area (TPSA) is 106 Å². The van der Waals surface area contributed by atoms with Crippen LogP contribution in [0.3, 0.4) is 0 Å². The third kappa shape index (κ3) is 7.33. The molecule has 0 saturated carbocycles. The van der Waals surface area contributed by atoms with Crippen LogP contribution in [0, 0.1) is 0 Å². The van der Waals surface area contributed by atoms with E-state index < -0.39 is 0 Å². The van der Waals surface area contributed by atoms with Crippen LogP contribution in [0.1, 0.15) is 116 Å². The molecule has 42 heavy (non-hydrogen) atoms. The molecule has 6 heteroatoms. The molecule has 0 saturated heterocycles. The predicted molar refractivity (Wildman–Crippen MR) is 175 cm³/mol. The Balaban J connectivity index is 2.19. The van der Waals surface area contributed by atoms with Crippen LogP contribution in [0.5, 0.6) is 23.0 Å². The smallest absolute Gasteiger partial charge is 0.159 e. The summed E-state index contributed by atoms with van der Waals surface area (Å²) in [6, 6.07) is 10.6. The van der Waals surface area contributed by atoms with Crippen LogP contribution >= 0.6 is 0 Å². The normalized spacial score (nSPS) is 13.4. The zero-order chi connectivity index (χ0) is 32.0. The van der Waals surface area contributed by atoms with Crippen molar-refractivity contribution in [1.29, 1.82) is 0 Å². The molecule has 0 atom stereocenters. The third-order valence-corrected chi connectivity index (χ3v) is 7.38. The molecule has 0 heterocycles. The highest BCUT2D eigenvalue weighted by atomic mass is 16.3. The van der Waals surface area contributed by atoms with Crippen molar-refractivity contribution >= 4 is 23.8 Å². The zero-order valence-corrected chi connectivity index (χ0v) is 27.3. The summed E-state index contributed by atoms with van der Waals surface area (Å²) >= 11 is 0. The summed E-state index contributed by atoms with van der Waals surface area (Å²) < 4.78 is 0. The molecule has 0 aliphatic rings. The van der Waals surface area contributed by atoms with Gasteiger partial charge in [0.15, 0.2) is 11.5 Å². The van der Waals surface area contributed by atoms with Crippen molar-refractivity contribution in [1.82, 2.24) is 0 Å². The van der Waals surface area contributed by atoms with Crippen molar-refractivity contribution in [2.75, 3.05) is 0 Å². The van der Waals surface area contributed by atoms with Gasteiger partial charge in [0, 0.05) is 46.8 Å². The Morgan fingerprint density at radius 2 is 0.762 bits per heavy atom. The highest BCUT2D eigenvalue weighted by Gasteiger charge is 2.26. The minimum absolute atomic E-state index is 0.144. The van der Waals surface area contributed by atoms with Crippen LogP contribution < -0.4 is 0 Å². The molecular formula is C36H48N2O4. The summed E-state index contributed by atoms with van der Waals surface area (Å²) in [6.45, 7) is 25.0. The number of phenols is 4. The van der Waals surface area contributed by atoms with Gasteiger partial charge >= 0.3 is 0 Å². The van der Waals surface area contributed by atoms with Gasteiger partial charge in [-0.25, -0.2) is 0 Å². The number of rotatable bonds is 4. The van der Waals surface area contributed by atoms with E-state index in [1.165, 1.54) is 12.1 Å². The molecular weight excluding hydrogens is 524 g/mol. The van der Waals surface area contributed by atoms with E-state index >= 15 is 0 Å². The summed E-state index contributed by atoms with van der Waals surface area (Å²) in [6.07, 6.45) is 3.11. The standard InChI is InChI=1S/C36H48N2O4/c1-33(2,3)23-13-21(31(41)25(15-23)35(7,8)9)19-37-27-17-29(39)30(40)18-28(27)38-20-22-14-24(34(4,5)6)16-26(32(22)42)36(10,11)12/h13-20,39-42H,1-12H3. The van der Waals surface area contributed by atoms with Gasteiger partial charge in [-0.2, -0.15) is 0 Å². The van der Waals surface area contributed by atoms with Crippen molar-refractivity contribution in [3.63, 3.8) is 0 Å². The van der Waals surface area contributed by atoms with Crippen LogP contribution in [0.15, 0.2) is 46.4 Å². The Morgan fingerprint density at radius 1 is 0.452 bits per heavy atom. The van der Waals surface area contributed by atoms with E-state index in [9.17, 15) is 20.4 Å². The highest BCUT2D eigenvalue weighted by Crippen LogP contribution is 2.41. The number of aromatic hydroxyl groups is 4. The van der Waals surface area contributed by atoms with E-state index in [1.807, 2.05) is 24.3 Å². The molecule has 0 unspecified atom stereocenters. The molecule has 0 amide bonds. The van der Waals surface area contributed by atoms with Gasteiger partial charge < -0.3 is 20.4 Å². The quantitative estimate of drug-likeness (QED) is 0.185. The maximum Gasteiger partial charge on any atom is 0.159 e.